The number of rotatable bonds is 6. The van der Waals surface area contributed by atoms with E-state index >= 15 is 0 Å². The predicted molar refractivity (Wildman–Crippen MR) is 108 cm³/mol. The number of aryl methyl sites for hydroxylation is 1. The predicted octanol–water partition coefficient (Wildman–Crippen LogP) is 3.20. The van der Waals surface area contributed by atoms with Gasteiger partial charge in [0.2, 0.25) is 10.0 Å². The number of carbonyl (C=O) groups excluding carboxylic acids is 1. The molecule has 8 nitrogen and oxygen atoms in total. The highest BCUT2D eigenvalue weighted by Crippen LogP contribution is 2.20. The SMILES string of the molecule is Cc1ccc(S(=O)(=O)NCc2ccco2)cc1C(=O)Nc1ccc2[nH]ncc2c1. The van der Waals surface area contributed by atoms with E-state index in [1.54, 1.807) is 43.5 Å². The first-order chi connectivity index (χ1) is 13.9. The molecule has 9 heteroatoms. The number of aromatic amines is 1. The summed E-state index contributed by atoms with van der Waals surface area (Å²) >= 11 is 0. The molecule has 0 unspecified atom stereocenters. The number of H-pyrrole nitrogens is 1. The fourth-order valence-corrected chi connectivity index (χ4v) is 3.91. The Morgan fingerprint density at radius 3 is 2.83 bits per heavy atom. The molecule has 4 aromatic rings. The van der Waals surface area contributed by atoms with Crippen LogP contribution in [0.2, 0.25) is 0 Å². The van der Waals surface area contributed by atoms with Gasteiger partial charge in [-0.15, -0.1) is 0 Å². The highest BCUT2D eigenvalue weighted by molar-refractivity contribution is 7.89. The molecule has 148 valence electrons. The van der Waals surface area contributed by atoms with Crippen molar-refractivity contribution >= 4 is 32.5 Å². The number of nitrogens with zero attached hydrogens (tertiary/aromatic N) is 1. The van der Waals surface area contributed by atoms with E-state index in [1.165, 1.54) is 18.4 Å². The lowest BCUT2D eigenvalue weighted by molar-refractivity contribution is 0.102. The van der Waals surface area contributed by atoms with Crippen molar-refractivity contribution in [2.45, 2.75) is 18.4 Å². The minimum atomic E-state index is -3.81. The number of anilines is 1. The minimum Gasteiger partial charge on any atom is -0.468 e. The summed E-state index contributed by atoms with van der Waals surface area (Å²) in [5.74, 6) is 0.0988. The van der Waals surface area contributed by atoms with Crippen molar-refractivity contribution in [3.8, 4) is 0 Å². The van der Waals surface area contributed by atoms with Gasteiger partial charge in [-0.05, 0) is 55.0 Å². The molecule has 0 bridgehead atoms. The first-order valence-electron chi connectivity index (χ1n) is 8.79. The highest BCUT2D eigenvalue weighted by atomic mass is 32.2. The Bertz CT molecular complexity index is 1280. The van der Waals surface area contributed by atoms with Crippen molar-refractivity contribution in [1.29, 1.82) is 0 Å². The molecule has 0 aliphatic carbocycles. The molecule has 0 aliphatic heterocycles. The van der Waals surface area contributed by atoms with Crippen molar-refractivity contribution in [3.05, 3.63) is 77.9 Å². The topological polar surface area (TPSA) is 117 Å². The number of nitrogens with one attached hydrogen (secondary N) is 3. The Kier molecular flexibility index (Phi) is 4.91. The van der Waals surface area contributed by atoms with E-state index in [0.29, 0.717) is 17.0 Å². The molecule has 0 atom stereocenters. The molecule has 0 saturated carbocycles. The van der Waals surface area contributed by atoms with Crippen LogP contribution in [0.5, 0.6) is 0 Å². The lowest BCUT2D eigenvalue weighted by Crippen LogP contribution is -2.24. The van der Waals surface area contributed by atoms with E-state index in [0.717, 1.165) is 10.9 Å². The van der Waals surface area contributed by atoms with Gasteiger partial charge in [-0.25, -0.2) is 13.1 Å². The van der Waals surface area contributed by atoms with E-state index < -0.39 is 15.9 Å². The second-order valence-electron chi connectivity index (χ2n) is 6.51. The average molecular weight is 410 g/mol. The van der Waals surface area contributed by atoms with Gasteiger partial charge >= 0.3 is 0 Å². The summed E-state index contributed by atoms with van der Waals surface area (Å²) in [6, 6.07) is 13.1. The van der Waals surface area contributed by atoms with Crippen molar-refractivity contribution in [2.75, 3.05) is 5.32 Å². The van der Waals surface area contributed by atoms with Crippen LogP contribution in [-0.4, -0.2) is 24.5 Å². The maximum Gasteiger partial charge on any atom is 0.255 e. The van der Waals surface area contributed by atoms with Crippen LogP contribution in [-0.2, 0) is 16.6 Å². The van der Waals surface area contributed by atoms with Gasteiger partial charge < -0.3 is 9.73 Å². The summed E-state index contributed by atoms with van der Waals surface area (Å²) in [5.41, 5.74) is 2.39. The molecule has 4 rings (SSSR count). The van der Waals surface area contributed by atoms with E-state index in [4.69, 9.17) is 4.42 Å². The zero-order valence-electron chi connectivity index (χ0n) is 15.5. The quantitative estimate of drug-likeness (QED) is 0.451. The van der Waals surface area contributed by atoms with Gasteiger partial charge in [-0.3, -0.25) is 9.89 Å². The molecule has 2 aromatic heterocycles. The van der Waals surface area contributed by atoms with Gasteiger partial charge in [0.05, 0.1) is 29.4 Å². The Balaban J connectivity index is 1.56. The number of sulfonamides is 1. The second-order valence-corrected chi connectivity index (χ2v) is 8.27. The zero-order chi connectivity index (χ0) is 20.4. The number of hydrogen-bond donors (Lipinski definition) is 3. The van der Waals surface area contributed by atoms with Gasteiger partial charge in [0.15, 0.2) is 0 Å². The number of benzene rings is 2. The number of carbonyl (C=O) groups is 1. The van der Waals surface area contributed by atoms with Crippen LogP contribution in [0.1, 0.15) is 21.7 Å². The van der Waals surface area contributed by atoms with Crippen molar-refractivity contribution in [2.24, 2.45) is 0 Å². The second kappa shape index (κ2) is 7.53. The number of hydrogen-bond acceptors (Lipinski definition) is 5. The molecular weight excluding hydrogens is 392 g/mol. The Morgan fingerprint density at radius 2 is 2.03 bits per heavy atom. The van der Waals surface area contributed by atoms with Crippen LogP contribution in [0.3, 0.4) is 0 Å². The summed E-state index contributed by atoms with van der Waals surface area (Å²) in [4.78, 5) is 12.8. The molecule has 3 N–H and O–H groups in total. The van der Waals surface area contributed by atoms with Crippen LogP contribution in [0.25, 0.3) is 10.9 Å². The van der Waals surface area contributed by atoms with Crippen molar-refractivity contribution in [1.82, 2.24) is 14.9 Å². The molecule has 0 spiro atoms. The third kappa shape index (κ3) is 4.05. The molecule has 0 fully saturated rings. The lowest BCUT2D eigenvalue weighted by Gasteiger charge is -2.11. The minimum absolute atomic E-state index is 0.00472. The van der Waals surface area contributed by atoms with E-state index in [1.807, 2.05) is 6.07 Å². The molecule has 0 radical (unpaired) electrons. The van der Waals surface area contributed by atoms with E-state index in [2.05, 4.69) is 20.2 Å². The summed E-state index contributed by atoms with van der Waals surface area (Å²) in [6.45, 7) is 1.77. The maximum atomic E-state index is 12.8. The fraction of sp³-hybridized carbons (Fsp3) is 0.100. The highest BCUT2D eigenvalue weighted by Gasteiger charge is 2.18. The molecular formula is C20H18N4O4S. The third-order valence-corrected chi connectivity index (χ3v) is 5.88. The normalized spacial score (nSPS) is 11.6. The number of furan rings is 1. The average Bonchev–Trinajstić information content (AvgIpc) is 3.38. The van der Waals surface area contributed by atoms with Crippen LogP contribution < -0.4 is 10.0 Å². The lowest BCUT2D eigenvalue weighted by atomic mass is 10.1. The summed E-state index contributed by atoms with van der Waals surface area (Å²) in [5, 5.41) is 10.5. The smallest absolute Gasteiger partial charge is 0.255 e. The Morgan fingerprint density at radius 1 is 1.17 bits per heavy atom. The summed E-state index contributed by atoms with van der Waals surface area (Å²) in [7, 11) is -3.81. The molecule has 2 heterocycles. The largest absolute Gasteiger partial charge is 0.468 e. The molecule has 2 aromatic carbocycles. The van der Waals surface area contributed by atoms with E-state index in [-0.39, 0.29) is 17.0 Å². The molecule has 0 saturated heterocycles. The first kappa shape index (κ1) is 18.9. The summed E-state index contributed by atoms with van der Waals surface area (Å²) in [6.07, 6.45) is 3.13. The standard InChI is InChI=1S/C20H18N4O4S/c1-13-4-6-17(29(26,27)22-12-16-3-2-8-28-16)10-18(13)20(25)23-15-5-7-19-14(9-15)11-21-24-19/h2-11,22H,12H2,1H3,(H,21,24)(H,23,25). The van der Waals surface area contributed by atoms with Gasteiger partial charge in [0, 0.05) is 16.6 Å². The van der Waals surface area contributed by atoms with Gasteiger partial charge in [-0.2, -0.15) is 5.10 Å². The van der Waals surface area contributed by atoms with Crippen LogP contribution in [0, 0.1) is 6.92 Å². The molecule has 29 heavy (non-hydrogen) atoms. The van der Waals surface area contributed by atoms with Crippen molar-refractivity contribution < 1.29 is 17.6 Å². The van der Waals surface area contributed by atoms with Gasteiger partial charge in [0.25, 0.3) is 5.91 Å². The van der Waals surface area contributed by atoms with Gasteiger partial charge in [0.1, 0.15) is 5.76 Å². The number of fused-ring (bicyclic) bond motifs is 1. The van der Waals surface area contributed by atoms with Crippen LogP contribution in [0.4, 0.5) is 5.69 Å². The Labute approximate surface area is 167 Å². The fourth-order valence-electron chi connectivity index (χ4n) is 2.89. The zero-order valence-corrected chi connectivity index (χ0v) is 16.3. The summed E-state index contributed by atoms with van der Waals surface area (Å²) < 4.78 is 32.8. The maximum absolute atomic E-state index is 12.8. The van der Waals surface area contributed by atoms with E-state index in [9.17, 15) is 13.2 Å². The number of amides is 1. The van der Waals surface area contributed by atoms with Gasteiger partial charge in [-0.1, -0.05) is 6.07 Å². The van der Waals surface area contributed by atoms with Crippen molar-refractivity contribution in [3.63, 3.8) is 0 Å². The number of aromatic nitrogens is 2. The Hall–Kier alpha value is -3.43. The van der Waals surface area contributed by atoms with Crippen LogP contribution in [0.15, 0.2) is 70.3 Å². The molecule has 1 amide bonds. The first-order valence-corrected chi connectivity index (χ1v) is 10.3. The monoisotopic (exact) mass is 410 g/mol. The third-order valence-electron chi connectivity index (χ3n) is 4.48. The molecule has 0 aliphatic rings. The van der Waals surface area contributed by atoms with Crippen LogP contribution >= 0.6 is 0 Å².